The fourth-order valence-electron chi connectivity index (χ4n) is 1.88. The number of nitrogens with zero attached hydrogens (tertiary/aromatic N) is 1. The van der Waals surface area contributed by atoms with Gasteiger partial charge < -0.3 is 15.7 Å². The van der Waals surface area contributed by atoms with E-state index in [0.29, 0.717) is 24.5 Å². The van der Waals surface area contributed by atoms with Crippen molar-refractivity contribution in [3.05, 3.63) is 10.6 Å². The van der Waals surface area contributed by atoms with Gasteiger partial charge in [-0.2, -0.15) is 0 Å². The number of β-lactam (4-membered cyclic amide) rings is 1. The number of thioether (sulfide) groups is 1. The van der Waals surface area contributed by atoms with E-state index in [0.717, 1.165) is 4.91 Å². The highest BCUT2D eigenvalue weighted by molar-refractivity contribution is 8.04. The van der Waals surface area contributed by atoms with Gasteiger partial charge in [0.15, 0.2) is 5.11 Å². The van der Waals surface area contributed by atoms with Crippen molar-refractivity contribution in [2.75, 3.05) is 13.6 Å². The second kappa shape index (κ2) is 5.15. The summed E-state index contributed by atoms with van der Waals surface area (Å²) in [5.74, 6) is -1.15. The molecule has 0 aromatic rings. The lowest BCUT2D eigenvalue weighted by molar-refractivity contribution is -0.145. The second-order valence-corrected chi connectivity index (χ2v) is 5.55. The molecule has 8 heteroatoms. The van der Waals surface area contributed by atoms with Gasteiger partial charge in [-0.15, -0.1) is 11.8 Å². The average Bonchev–Trinajstić information content (AvgIpc) is 2.61. The minimum absolute atomic E-state index is 0.0187. The third-order valence-corrected chi connectivity index (χ3v) is 4.44. The normalized spacial score (nSPS) is 21.5. The first-order chi connectivity index (χ1) is 8.54. The van der Waals surface area contributed by atoms with Crippen molar-refractivity contribution in [1.29, 1.82) is 0 Å². The number of amides is 1. The lowest BCUT2D eigenvalue weighted by Crippen LogP contribution is -2.48. The lowest BCUT2D eigenvalue weighted by Gasteiger charge is -2.33. The largest absolute Gasteiger partial charge is 0.477 e. The molecule has 0 unspecified atom stereocenters. The minimum Gasteiger partial charge on any atom is -0.477 e. The van der Waals surface area contributed by atoms with Crippen LogP contribution in [0.4, 0.5) is 0 Å². The standard InChI is InChI=1S/C10H13N3O3S2/c1-11-10(17)12-3-2-5-8(9(15)16)13-6(14)4-7(13)18-5/h7H,2-4H2,1H3,(H,15,16)(H2,11,12,17)/t7-/m0/s1. The number of hydrogen-bond acceptors (Lipinski definition) is 4. The molecular weight excluding hydrogens is 274 g/mol. The van der Waals surface area contributed by atoms with Crippen LogP contribution in [0.5, 0.6) is 0 Å². The molecule has 98 valence electrons. The highest BCUT2D eigenvalue weighted by atomic mass is 32.2. The van der Waals surface area contributed by atoms with E-state index in [1.807, 2.05) is 0 Å². The van der Waals surface area contributed by atoms with Crippen molar-refractivity contribution in [3.8, 4) is 0 Å². The number of nitrogens with one attached hydrogen (secondary N) is 2. The SMILES string of the molecule is CNC(=S)NCCC1=C(C(=O)O)N2C(=O)C[C@@H]2S1. The van der Waals surface area contributed by atoms with Crippen LogP contribution in [-0.2, 0) is 9.59 Å². The fourth-order valence-corrected chi connectivity index (χ4v) is 3.38. The Labute approximate surface area is 114 Å². The van der Waals surface area contributed by atoms with E-state index >= 15 is 0 Å². The van der Waals surface area contributed by atoms with E-state index in [9.17, 15) is 9.59 Å². The monoisotopic (exact) mass is 287 g/mol. The quantitative estimate of drug-likeness (QED) is 0.499. The number of carboxylic acids is 1. The van der Waals surface area contributed by atoms with Gasteiger partial charge >= 0.3 is 5.97 Å². The van der Waals surface area contributed by atoms with Crippen molar-refractivity contribution in [1.82, 2.24) is 15.5 Å². The minimum atomic E-state index is -1.04. The summed E-state index contributed by atoms with van der Waals surface area (Å²) in [6.45, 7) is 0.549. The molecular formula is C10H13N3O3S2. The first-order valence-corrected chi connectivity index (χ1v) is 6.74. The number of fused-ring (bicyclic) bond motifs is 1. The summed E-state index contributed by atoms with van der Waals surface area (Å²) in [6, 6.07) is 0. The van der Waals surface area contributed by atoms with Crippen molar-refractivity contribution in [2.45, 2.75) is 18.2 Å². The number of thiocarbonyl (C=S) groups is 1. The Balaban J connectivity index is 2.00. The smallest absolute Gasteiger partial charge is 0.353 e. The van der Waals surface area contributed by atoms with E-state index in [2.05, 4.69) is 10.6 Å². The number of carbonyl (C=O) groups is 2. The molecule has 1 fully saturated rings. The Kier molecular flexibility index (Phi) is 3.76. The maximum atomic E-state index is 11.4. The van der Waals surface area contributed by atoms with Crippen LogP contribution in [0, 0.1) is 0 Å². The van der Waals surface area contributed by atoms with Crippen LogP contribution in [-0.4, -0.2) is 46.0 Å². The van der Waals surface area contributed by atoms with Crippen LogP contribution < -0.4 is 10.6 Å². The Morgan fingerprint density at radius 3 is 2.94 bits per heavy atom. The first-order valence-electron chi connectivity index (χ1n) is 5.45. The van der Waals surface area contributed by atoms with E-state index in [4.69, 9.17) is 17.3 Å². The zero-order chi connectivity index (χ0) is 13.3. The number of aliphatic carboxylic acids is 1. The van der Waals surface area contributed by atoms with E-state index < -0.39 is 5.97 Å². The average molecular weight is 287 g/mol. The van der Waals surface area contributed by atoms with Gasteiger partial charge in [0.2, 0.25) is 5.91 Å². The first kappa shape index (κ1) is 13.2. The maximum absolute atomic E-state index is 11.4. The number of carbonyl (C=O) groups excluding carboxylic acids is 1. The third-order valence-electron chi connectivity index (χ3n) is 2.76. The molecule has 1 saturated heterocycles. The summed E-state index contributed by atoms with van der Waals surface area (Å²) < 4.78 is 0. The Morgan fingerprint density at radius 1 is 1.67 bits per heavy atom. The van der Waals surface area contributed by atoms with Crippen LogP contribution >= 0.6 is 24.0 Å². The summed E-state index contributed by atoms with van der Waals surface area (Å²) in [6.07, 6.45) is 0.974. The predicted octanol–water partition coefficient (Wildman–Crippen LogP) is 0.0718. The van der Waals surface area contributed by atoms with Crippen molar-refractivity contribution in [2.24, 2.45) is 0 Å². The van der Waals surface area contributed by atoms with E-state index in [1.165, 1.54) is 16.7 Å². The number of rotatable bonds is 4. The summed E-state index contributed by atoms with van der Waals surface area (Å²) in [5, 5.41) is 15.4. The summed E-state index contributed by atoms with van der Waals surface area (Å²) >= 11 is 6.39. The highest BCUT2D eigenvalue weighted by Crippen LogP contribution is 2.47. The Morgan fingerprint density at radius 2 is 2.39 bits per heavy atom. The van der Waals surface area contributed by atoms with Gasteiger partial charge in [0, 0.05) is 18.5 Å². The van der Waals surface area contributed by atoms with Crippen molar-refractivity contribution >= 4 is 41.0 Å². The molecule has 2 heterocycles. The molecule has 2 aliphatic heterocycles. The zero-order valence-corrected chi connectivity index (χ0v) is 11.4. The molecule has 6 nitrogen and oxygen atoms in total. The molecule has 3 N–H and O–H groups in total. The fraction of sp³-hybridized carbons (Fsp3) is 0.500. The van der Waals surface area contributed by atoms with Crippen LogP contribution in [0.1, 0.15) is 12.8 Å². The van der Waals surface area contributed by atoms with Gasteiger partial charge in [-0.3, -0.25) is 9.69 Å². The highest BCUT2D eigenvalue weighted by Gasteiger charge is 2.47. The van der Waals surface area contributed by atoms with Crippen molar-refractivity contribution in [3.63, 3.8) is 0 Å². The molecule has 2 aliphatic rings. The maximum Gasteiger partial charge on any atom is 0.353 e. The van der Waals surface area contributed by atoms with Crippen LogP contribution in [0.25, 0.3) is 0 Å². The third kappa shape index (κ3) is 2.30. The van der Waals surface area contributed by atoms with Gasteiger partial charge in [0.25, 0.3) is 0 Å². The van der Waals surface area contributed by atoms with Gasteiger partial charge in [-0.1, -0.05) is 0 Å². The summed E-state index contributed by atoms with van der Waals surface area (Å²) in [5.41, 5.74) is 0.137. The summed E-state index contributed by atoms with van der Waals surface area (Å²) in [7, 11) is 1.71. The second-order valence-electron chi connectivity index (χ2n) is 3.87. The van der Waals surface area contributed by atoms with Gasteiger partial charge in [-0.05, 0) is 18.6 Å². The number of carboxylic acid groups (broad SMARTS) is 1. The lowest BCUT2D eigenvalue weighted by atomic mass is 10.1. The zero-order valence-electron chi connectivity index (χ0n) is 9.73. The van der Waals surface area contributed by atoms with E-state index in [-0.39, 0.29) is 17.0 Å². The van der Waals surface area contributed by atoms with Gasteiger partial charge in [-0.25, -0.2) is 4.79 Å². The molecule has 0 aromatic heterocycles. The molecule has 2 rings (SSSR count). The Bertz CT molecular complexity index is 450. The molecule has 1 amide bonds. The topological polar surface area (TPSA) is 81.7 Å². The molecule has 0 spiro atoms. The molecule has 0 saturated carbocycles. The van der Waals surface area contributed by atoms with Crippen LogP contribution in [0.3, 0.4) is 0 Å². The Hall–Kier alpha value is -1.28. The van der Waals surface area contributed by atoms with Gasteiger partial charge in [0.1, 0.15) is 5.70 Å². The molecule has 1 atom stereocenters. The van der Waals surface area contributed by atoms with Crippen LogP contribution in [0.2, 0.25) is 0 Å². The molecule has 0 aliphatic carbocycles. The van der Waals surface area contributed by atoms with Crippen LogP contribution in [0.15, 0.2) is 10.6 Å². The molecule has 0 bridgehead atoms. The molecule has 0 aromatic carbocycles. The predicted molar refractivity (Wildman–Crippen MR) is 71.8 cm³/mol. The van der Waals surface area contributed by atoms with Crippen molar-refractivity contribution < 1.29 is 14.7 Å². The molecule has 0 radical (unpaired) electrons. The van der Waals surface area contributed by atoms with E-state index in [1.54, 1.807) is 7.05 Å². The van der Waals surface area contributed by atoms with Gasteiger partial charge in [0.05, 0.1) is 11.8 Å². The molecule has 18 heavy (non-hydrogen) atoms. The summed E-state index contributed by atoms with van der Waals surface area (Å²) in [4.78, 5) is 24.7. The number of hydrogen-bond donors (Lipinski definition) is 3.